The maximum absolute atomic E-state index is 12.0. The standard InChI is InChI=1S/C21H26N6O2/c1-21(2,3)26-17-16(18(28)19(17)29)24-15-10-11-22-20(25-15)23-14-8-6-13(7-9-14)12-27(4)5/h6-11,26H,12H2,1-5H3,(H2,22,23,24,25). The van der Waals surface area contributed by atoms with Gasteiger partial charge in [-0.15, -0.1) is 0 Å². The van der Waals surface area contributed by atoms with E-state index in [1.165, 1.54) is 5.56 Å². The summed E-state index contributed by atoms with van der Waals surface area (Å²) in [6.45, 7) is 6.63. The normalized spacial score (nSPS) is 11.7. The molecule has 0 amide bonds. The second-order valence-corrected chi connectivity index (χ2v) is 8.23. The van der Waals surface area contributed by atoms with E-state index < -0.39 is 10.9 Å². The van der Waals surface area contributed by atoms with Crippen LogP contribution in [-0.2, 0) is 6.54 Å². The number of aromatic nitrogens is 2. The molecule has 3 rings (SSSR count). The average Bonchev–Trinajstić information content (AvgIpc) is 2.65. The lowest BCUT2D eigenvalue weighted by atomic mass is 10.1. The summed E-state index contributed by atoms with van der Waals surface area (Å²) in [6, 6.07) is 9.65. The molecule has 0 aliphatic carbocycles. The predicted molar refractivity (Wildman–Crippen MR) is 117 cm³/mol. The number of nitrogens with zero attached hydrogens (tertiary/aromatic N) is 3. The van der Waals surface area contributed by atoms with Gasteiger partial charge in [-0.25, -0.2) is 4.98 Å². The van der Waals surface area contributed by atoms with Crippen LogP contribution < -0.4 is 26.8 Å². The van der Waals surface area contributed by atoms with Crippen LogP contribution in [0.1, 0.15) is 26.3 Å². The highest BCUT2D eigenvalue weighted by Gasteiger charge is 2.25. The second-order valence-electron chi connectivity index (χ2n) is 8.23. The first-order valence-electron chi connectivity index (χ1n) is 9.34. The third-order valence-corrected chi connectivity index (χ3v) is 4.03. The summed E-state index contributed by atoms with van der Waals surface area (Å²) in [5.74, 6) is 0.815. The Kier molecular flexibility index (Phi) is 5.65. The fraction of sp³-hybridized carbons (Fsp3) is 0.333. The summed E-state index contributed by atoms with van der Waals surface area (Å²) in [4.78, 5) is 34.6. The van der Waals surface area contributed by atoms with Crippen LogP contribution in [0.15, 0.2) is 46.1 Å². The molecule has 0 radical (unpaired) electrons. The lowest BCUT2D eigenvalue weighted by Crippen LogP contribution is -2.41. The van der Waals surface area contributed by atoms with Crippen molar-refractivity contribution in [1.82, 2.24) is 14.9 Å². The van der Waals surface area contributed by atoms with Crippen LogP contribution in [0.25, 0.3) is 0 Å². The Labute approximate surface area is 169 Å². The van der Waals surface area contributed by atoms with Crippen molar-refractivity contribution >= 4 is 28.8 Å². The molecule has 8 nitrogen and oxygen atoms in total. The number of benzene rings is 1. The smallest absolute Gasteiger partial charge is 0.253 e. The molecule has 1 aromatic heterocycles. The molecular formula is C21H26N6O2. The van der Waals surface area contributed by atoms with E-state index in [0.29, 0.717) is 11.8 Å². The molecular weight excluding hydrogens is 368 g/mol. The minimum atomic E-state index is -0.554. The average molecular weight is 394 g/mol. The number of hydrogen-bond acceptors (Lipinski definition) is 8. The van der Waals surface area contributed by atoms with E-state index in [-0.39, 0.29) is 16.9 Å². The minimum absolute atomic E-state index is 0.225. The molecule has 0 spiro atoms. The zero-order valence-electron chi connectivity index (χ0n) is 17.3. The van der Waals surface area contributed by atoms with Gasteiger partial charge in [0.05, 0.1) is 0 Å². The van der Waals surface area contributed by atoms with Gasteiger partial charge in [0.2, 0.25) is 5.95 Å². The Morgan fingerprint density at radius 2 is 1.59 bits per heavy atom. The van der Waals surface area contributed by atoms with Gasteiger partial charge in [-0.3, -0.25) is 9.59 Å². The molecule has 0 aliphatic heterocycles. The molecule has 0 unspecified atom stereocenters. The zero-order chi connectivity index (χ0) is 21.2. The first kappa shape index (κ1) is 20.5. The van der Waals surface area contributed by atoms with E-state index in [2.05, 4.69) is 30.8 Å². The summed E-state index contributed by atoms with van der Waals surface area (Å²) in [5, 5.41) is 9.15. The fourth-order valence-electron chi connectivity index (χ4n) is 2.81. The van der Waals surface area contributed by atoms with Crippen molar-refractivity contribution in [1.29, 1.82) is 0 Å². The number of rotatable bonds is 7. The second kappa shape index (κ2) is 8.00. The van der Waals surface area contributed by atoms with Gasteiger partial charge in [0.15, 0.2) is 0 Å². The largest absolute Gasteiger partial charge is 0.375 e. The van der Waals surface area contributed by atoms with Crippen LogP contribution in [0.2, 0.25) is 0 Å². The topological polar surface area (TPSA) is 99.2 Å². The molecule has 152 valence electrons. The highest BCUT2D eigenvalue weighted by atomic mass is 16.2. The maximum atomic E-state index is 12.0. The van der Waals surface area contributed by atoms with Crippen molar-refractivity contribution in [3.8, 4) is 0 Å². The first-order valence-corrected chi connectivity index (χ1v) is 9.34. The molecule has 3 N–H and O–H groups in total. The maximum Gasteiger partial charge on any atom is 0.253 e. The van der Waals surface area contributed by atoms with E-state index in [9.17, 15) is 9.59 Å². The highest BCUT2D eigenvalue weighted by Crippen LogP contribution is 2.23. The van der Waals surface area contributed by atoms with E-state index in [1.807, 2.05) is 59.1 Å². The predicted octanol–water partition coefficient (Wildman–Crippen LogP) is 2.83. The number of nitrogens with one attached hydrogen (secondary N) is 3. The van der Waals surface area contributed by atoms with Gasteiger partial charge < -0.3 is 20.9 Å². The van der Waals surface area contributed by atoms with Crippen molar-refractivity contribution in [2.45, 2.75) is 32.9 Å². The molecule has 0 fully saturated rings. The molecule has 1 heterocycles. The van der Waals surface area contributed by atoms with Gasteiger partial charge in [-0.05, 0) is 58.6 Å². The number of hydrogen-bond donors (Lipinski definition) is 3. The number of anilines is 5. The molecule has 0 saturated carbocycles. The quantitative estimate of drug-likeness (QED) is 0.526. The van der Waals surface area contributed by atoms with Crippen LogP contribution in [0.4, 0.5) is 28.8 Å². The van der Waals surface area contributed by atoms with E-state index in [1.54, 1.807) is 12.3 Å². The summed E-state index contributed by atoms with van der Waals surface area (Å²) >= 11 is 0. The van der Waals surface area contributed by atoms with Crippen molar-refractivity contribution in [2.24, 2.45) is 0 Å². The molecule has 0 bridgehead atoms. The third kappa shape index (κ3) is 5.17. The van der Waals surface area contributed by atoms with Crippen LogP contribution >= 0.6 is 0 Å². The van der Waals surface area contributed by atoms with Crippen molar-refractivity contribution in [3.63, 3.8) is 0 Å². The lowest BCUT2D eigenvalue weighted by molar-refractivity contribution is 0.402. The first-order chi connectivity index (χ1) is 13.6. The van der Waals surface area contributed by atoms with E-state index in [4.69, 9.17) is 0 Å². The third-order valence-electron chi connectivity index (χ3n) is 4.03. The van der Waals surface area contributed by atoms with Gasteiger partial charge in [0, 0.05) is 24.0 Å². The summed E-state index contributed by atoms with van der Waals surface area (Å²) in [5.41, 5.74) is 1.16. The van der Waals surface area contributed by atoms with Crippen LogP contribution in [-0.4, -0.2) is 34.5 Å². The lowest BCUT2D eigenvalue weighted by Gasteiger charge is -2.24. The van der Waals surface area contributed by atoms with Gasteiger partial charge >= 0.3 is 0 Å². The van der Waals surface area contributed by atoms with Crippen molar-refractivity contribution < 1.29 is 0 Å². The molecule has 0 saturated heterocycles. The Balaban J connectivity index is 1.73. The summed E-state index contributed by atoms with van der Waals surface area (Å²) in [6.07, 6.45) is 1.58. The molecule has 3 aromatic rings. The van der Waals surface area contributed by atoms with E-state index in [0.717, 1.165) is 12.2 Å². The Morgan fingerprint density at radius 1 is 0.931 bits per heavy atom. The zero-order valence-corrected chi connectivity index (χ0v) is 17.3. The van der Waals surface area contributed by atoms with Crippen LogP contribution in [0.3, 0.4) is 0 Å². The molecule has 29 heavy (non-hydrogen) atoms. The Hall–Kier alpha value is -3.26. The summed E-state index contributed by atoms with van der Waals surface area (Å²) in [7, 11) is 4.05. The van der Waals surface area contributed by atoms with Gasteiger partial charge in [-0.1, -0.05) is 12.1 Å². The highest BCUT2D eigenvalue weighted by molar-refractivity contribution is 5.78. The monoisotopic (exact) mass is 394 g/mol. The molecule has 2 aromatic carbocycles. The SMILES string of the molecule is CN(C)Cc1ccc(Nc2nccc(Nc3c(NC(C)(C)C)c(=O)c3=O)n2)cc1. The Morgan fingerprint density at radius 3 is 2.21 bits per heavy atom. The molecule has 8 heteroatoms. The fourth-order valence-corrected chi connectivity index (χ4v) is 2.81. The Bertz CT molecular complexity index is 1060. The van der Waals surface area contributed by atoms with Gasteiger partial charge in [-0.2, -0.15) is 4.98 Å². The van der Waals surface area contributed by atoms with Crippen molar-refractivity contribution in [2.75, 3.05) is 30.0 Å². The van der Waals surface area contributed by atoms with Crippen LogP contribution in [0, 0.1) is 0 Å². The molecule has 0 atom stereocenters. The molecule has 0 aliphatic rings. The van der Waals surface area contributed by atoms with Crippen LogP contribution in [0.5, 0.6) is 0 Å². The van der Waals surface area contributed by atoms with Gasteiger partial charge in [0.25, 0.3) is 10.9 Å². The minimum Gasteiger partial charge on any atom is -0.375 e. The van der Waals surface area contributed by atoms with E-state index >= 15 is 0 Å². The van der Waals surface area contributed by atoms with Gasteiger partial charge in [0.1, 0.15) is 17.2 Å². The summed E-state index contributed by atoms with van der Waals surface area (Å²) < 4.78 is 0. The van der Waals surface area contributed by atoms with Crippen molar-refractivity contribution in [3.05, 3.63) is 62.5 Å².